The van der Waals surface area contributed by atoms with Gasteiger partial charge in [0.25, 0.3) is 0 Å². The van der Waals surface area contributed by atoms with Crippen LogP contribution in [-0.4, -0.2) is 19.0 Å². The number of aryl methyl sites for hydroxylation is 2. The Morgan fingerprint density at radius 3 is 2.89 bits per heavy atom. The fourth-order valence-electron chi connectivity index (χ4n) is 2.48. The minimum atomic E-state index is -0.271. The highest BCUT2D eigenvalue weighted by Gasteiger charge is 2.36. The minimum Gasteiger partial charge on any atom is -0.325 e. The van der Waals surface area contributed by atoms with Gasteiger partial charge in [-0.25, -0.2) is 0 Å². The highest BCUT2D eigenvalue weighted by molar-refractivity contribution is 5.96. The van der Waals surface area contributed by atoms with Crippen molar-refractivity contribution < 1.29 is 4.79 Å². The zero-order valence-corrected chi connectivity index (χ0v) is 11.5. The molecular formula is C15H22N2O. The first kappa shape index (κ1) is 13.1. The normalized spacial score (nSPS) is 23.1. The summed E-state index contributed by atoms with van der Waals surface area (Å²) in [5.74, 6) is 0.136. The second kappa shape index (κ2) is 5.11. The molecule has 2 N–H and O–H groups in total. The summed E-state index contributed by atoms with van der Waals surface area (Å²) < 4.78 is 0. The Morgan fingerprint density at radius 1 is 1.50 bits per heavy atom. The fourth-order valence-corrected chi connectivity index (χ4v) is 2.48. The Kier molecular flexibility index (Phi) is 3.71. The predicted octanol–water partition coefficient (Wildman–Crippen LogP) is 2.50. The zero-order chi connectivity index (χ0) is 13.2. The van der Waals surface area contributed by atoms with Crippen LogP contribution in [0.2, 0.25) is 0 Å². The van der Waals surface area contributed by atoms with Crippen molar-refractivity contribution in [3.8, 4) is 0 Å². The molecule has 18 heavy (non-hydrogen) atoms. The Hall–Kier alpha value is -1.35. The van der Waals surface area contributed by atoms with Crippen molar-refractivity contribution in [1.82, 2.24) is 5.32 Å². The molecule has 0 saturated carbocycles. The van der Waals surface area contributed by atoms with E-state index in [0.717, 1.165) is 37.2 Å². The van der Waals surface area contributed by atoms with E-state index < -0.39 is 0 Å². The van der Waals surface area contributed by atoms with Crippen LogP contribution in [0.3, 0.4) is 0 Å². The third-order valence-corrected chi connectivity index (χ3v) is 3.90. The second-order valence-corrected chi connectivity index (χ2v) is 5.40. The van der Waals surface area contributed by atoms with Crippen LogP contribution in [0.15, 0.2) is 18.2 Å². The first-order valence-corrected chi connectivity index (χ1v) is 6.67. The molecule has 0 bridgehead atoms. The Morgan fingerprint density at radius 2 is 2.28 bits per heavy atom. The van der Waals surface area contributed by atoms with Crippen molar-refractivity contribution in [3.05, 3.63) is 29.3 Å². The number of nitrogens with one attached hydrogen (secondary N) is 2. The van der Waals surface area contributed by atoms with Crippen LogP contribution in [0.25, 0.3) is 0 Å². The Labute approximate surface area is 109 Å². The molecule has 3 nitrogen and oxygen atoms in total. The van der Waals surface area contributed by atoms with Gasteiger partial charge in [0.05, 0.1) is 5.41 Å². The van der Waals surface area contributed by atoms with Crippen LogP contribution >= 0.6 is 0 Å². The maximum Gasteiger partial charge on any atom is 0.231 e. The third-order valence-electron chi connectivity index (χ3n) is 3.90. The largest absolute Gasteiger partial charge is 0.325 e. The van der Waals surface area contributed by atoms with Crippen LogP contribution in [0, 0.1) is 12.3 Å². The number of carbonyl (C=O) groups excluding carboxylic acids is 1. The molecule has 0 aliphatic carbocycles. The van der Waals surface area contributed by atoms with E-state index in [-0.39, 0.29) is 11.3 Å². The van der Waals surface area contributed by atoms with Gasteiger partial charge < -0.3 is 10.6 Å². The van der Waals surface area contributed by atoms with Gasteiger partial charge in [-0.1, -0.05) is 25.1 Å². The molecule has 1 aliphatic heterocycles. The predicted molar refractivity (Wildman–Crippen MR) is 74.8 cm³/mol. The topological polar surface area (TPSA) is 41.1 Å². The van der Waals surface area contributed by atoms with Gasteiger partial charge in [0, 0.05) is 12.2 Å². The van der Waals surface area contributed by atoms with Crippen molar-refractivity contribution in [2.24, 2.45) is 5.41 Å². The summed E-state index contributed by atoms with van der Waals surface area (Å²) in [6, 6.07) is 6.17. The summed E-state index contributed by atoms with van der Waals surface area (Å²) in [5.41, 5.74) is 3.07. The van der Waals surface area contributed by atoms with Crippen molar-refractivity contribution in [1.29, 1.82) is 0 Å². The monoisotopic (exact) mass is 246 g/mol. The second-order valence-electron chi connectivity index (χ2n) is 5.40. The highest BCUT2D eigenvalue weighted by Crippen LogP contribution is 2.28. The first-order valence-electron chi connectivity index (χ1n) is 6.67. The van der Waals surface area contributed by atoms with Gasteiger partial charge in [-0.15, -0.1) is 0 Å². The molecule has 1 unspecified atom stereocenters. The average Bonchev–Trinajstić information content (AvgIpc) is 2.80. The lowest BCUT2D eigenvalue weighted by atomic mass is 9.88. The standard InChI is InChI=1S/C15H22N2O/c1-4-12-7-5-6-11(2)13(12)17-14(18)15(3)8-9-16-10-15/h5-7,16H,4,8-10H2,1-3H3,(H,17,18). The van der Waals surface area contributed by atoms with Crippen molar-refractivity contribution in [2.45, 2.75) is 33.6 Å². The lowest BCUT2D eigenvalue weighted by Gasteiger charge is -2.23. The van der Waals surface area contributed by atoms with Gasteiger partial charge in [0.2, 0.25) is 5.91 Å². The van der Waals surface area contributed by atoms with Gasteiger partial charge in [-0.05, 0) is 44.4 Å². The maximum atomic E-state index is 12.4. The Bertz CT molecular complexity index is 448. The molecule has 1 heterocycles. The lowest BCUT2D eigenvalue weighted by molar-refractivity contribution is -0.123. The van der Waals surface area contributed by atoms with E-state index in [2.05, 4.69) is 23.6 Å². The van der Waals surface area contributed by atoms with Crippen LogP contribution < -0.4 is 10.6 Å². The molecule has 0 radical (unpaired) electrons. The van der Waals surface area contributed by atoms with Gasteiger partial charge in [-0.2, -0.15) is 0 Å². The van der Waals surface area contributed by atoms with Crippen LogP contribution in [0.4, 0.5) is 5.69 Å². The van der Waals surface area contributed by atoms with Gasteiger partial charge in [-0.3, -0.25) is 4.79 Å². The van der Waals surface area contributed by atoms with E-state index in [9.17, 15) is 4.79 Å². The molecule has 0 spiro atoms. The number of para-hydroxylation sites is 1. The van der Waals surface area contributed by atoms with Crippen molar-refractivity contribution >= 4 is 11.6 Å². The average molecular weight is 246 g/mol. The van der Waals surface area contributed by atoms with Gasteiger partial charge in [0.1, 0.15) is 0 Å². The highest BCUT2D eigenvalue weighted by atomic mass is 16.2. The lowest BCUT2D eigenvalue weighted by Crippen LogP contribution is -2.35. The minimum absolute atomic E-state index is 0.136. The first-order chi connectivity index (χ1) is 8.57. The molecule has 1 atom stereocenters. The van der Waals surface area contributed by atoms with E-state index in [1.54, 1.807) is 0 Å². The number of rotatable bonds is 3. The summed E-state index contributed by atoms with van der Waals surface area (Å²) in [6.45, 7) is 7.89. The summed E-state index contributed by atoms with van der Waals surface area (Å²) in [7, 11) is 0. The molecule has 1 aromatic rings. The summed E-state index contributed by atoms with van der Waals surface area (Å²) >= 11 is 0. The molecule has 1 aromatic carbocycles. The summed E-state index contributed by atoms with van der Waals surface area (Å²) in [5, 5.41) is 6.40. The third kappa shape index (κ3) is 2.41. The smallest absolute Gasteiger partial charge is 0.231 e. The molecular weight excluding hydrogens is 224 g/mol. The van der Waals surface area contributed by atoms with Crippen LogP contribution in [0.5, 0.6) is 0 Å². The van der Waals surface area contributed by atoms with Crippen molar-refractivity contribution in [3.63, 3.8) is 0 Å². The SMILES string of the molecule is CCc1cccc(C)c1NC(=O)C1(C)CCNC1. The number of anilines is 1. The van der Waals surface area contributed by atoms with Gasteiger partial charge >= 0.3 is 0 Å². The molecule has 98 valence electrons. The number of hydrogen-bond donors (Lipinski definition) is 2. The van der Waals surface area contributed by atoms with E-state index in [1.807, 2.05) is 26.0 Å². The molecule has 1 aliphatic rings. The number of hydrogen-bond acceptors (Lipinski definition) is 2. The Balaban J connectivity index is 2.21. The maximum absolute atomic E-state index is 12.4. The van der Waals surface area contributed by atoms with Gasteiger partial charge in [0.15, 0.2) is 0 Å². The summed E-state index contributed by atoms with van der Waals surface area (Å²) in [4.78, 5) is 12.4. The molecule has 1 saturated heterocycles. The number of benzene rings is 1. The van der Waals surface area contributed by atoms with Crippen molar-refractivity contribution in [2.75, 3.05) is 18.4 Å². The molecule has 1 amide bonds. The quantitative estimate of drug-likeness (QED) is 0.860. The summed E-state index contributed by atoms with van der Waals surface area (Å²) in [6.07, 6.45) is 1.85. The van der Waals surface area contributed by atoms with E-state index in [1.165, 1.54) is 5.56 Å². The molecule has 1 fully saturated rings. The fraction of sp³-hybridized carbons (Fsp3) is 0.533. The van der Waals surface area contributed by atoms with E-state index >= 15 is 0 Å². The van der Waals surface area contributed by atoms with E-state index in [4.69, 9.17) is 0 Å². The molecule has 2 rings (SSSR count). The molecule has 3 heteroatoms. The van der Waals surface area contributed by atoms with Crippen LogP contribution in [0.1, 0.15) is 31.4 Å². The number of carbonyl (C=O) groups is 1. The number of amides is 1. The molecule has 0 aromatic heterocycles. The van der Waals surface area contributed by atoms with Crippen LogP contribution in [-0.2, 0) is 11.2 Å². The van der Waals surface area contributed by atoms with E-state index in [0.29, 0.717) is 0 Å². The zero-order valence-electron chi connectivity index (χ0n) is 11.5.